The van der Waals surface area contributed by atoms with Crippen molar-refractivity contribution < 1.29 is 31.1 Å². The summed E-state index contributed by atoms with van der Waals surface area (Å²) in [7, 11) is 0. The second-order valence-electron chi connectivity index (χ2n) is 4.57. The maximum atomic E-state index is 10.2. The highest BCUT2D eigenvalue weighted by Crippen LogP contribution is 2.09. The summed E-state index contributed by atoms with van der Waals surface area (Å²) in [5.74, 6) is -0.857. The molecule has 0 bridgehead atoms. The van der Waals surface area contributed by atoms with Crippen LogP contribution < -0.4 is 26.3 Å². The fourth-order valence-corrected chi connectivity index (χ4v) is 3.72. The first-order chi connectivity index (χ1) is 8.27. The highest BCUT2D eigenvalue weighted by molar-refractivity contribution is 5.64. The van der Waals surface area contributed by atoms with Crippen molar-refractivity contribution >= 4 is 5.97 Å². The third-order valence-corrected chi connectivity index (χ3v) is 5.51. The largest absolute Gasteiger partial charge is 0.546 e. The number of carboxylic acids is 1. The van der Waals surface area contributed by atoms with Crippen molar-refractivity contribution in [2.45, 2.75) is 71.1 Å². The minimum absolute atomic E-state index is 0.114. The number of carboxylic acid groups (broad SMARTS) is 1. The zero-order chi connectivity index (χ0) is 12.8. The van der Waals surface area contributed by atoms with Crippen molar-refractivity contribution in [2.24, 2.45) is 0 Å². The molecule has 0 radical (unpaired) electrons. The molecule has 0 aromatic heterocycles. The second-order valence-corrected chi connectivity index (χ2v) is 7.49. The number of aliphatic carboxylic acids is 1. The Labute approximate surface area is 117 Å². The number of halogens is 1. The number of rotatable bonds is 13. The van der Waals surface area contributed by atoms with E-state index in [0.29, 0.717) is 4.43 Å². The molecule has 3 heteroatoms. The number of hydrogen-bond acceptors (Lipinski definition) is 2. The Kier molecular flexibility index (Phi) is 14.4. The van der Waals surface area contributed by atoms with E-state index in [9.17, 15) is 9.90 Å². The highest BCUT2D eigenvalue weighted by Gasteiger charge is 2.05. The molecule has 2 nitrogen and oxygen atoms in total. The minimum Gasteiger partial charge on any atom is -0.546 e. The summed E-state index contributed by atoms with van der Waals surface area (Å²) in [4.78, 5) is 10.2. The molecule has 0 rings (SSSR count). The predicted molar refractivity (Wildman–Crippen MR) is 66.6 cm³/mol. The summed E-state index contributed by atoms with van der Waals surface area (Å²) in [6, 6.07) is 0. The molecular formula is C14H27IO2. The van der Waals surface area contributed by atoms with Crippen molar-refractivity contribution in [2.75, 3.05) is 8.86 Å². The van der Waals surface area contributed by atoms with Crippen LogP contribution in [0.2, 0.25) is 0 Å². The molecule has 0 aliphatic carbocycles. The van der Waals surface area contributed by atoms with Crippen LogP contribution in [0.15, 0.2) is 0 Å². The van der Waals surface area contributed by atoms with Crippen LogP contribution in [-0.2, 0) is 4.79 Å². The van der Waals surface area contributed by atoms with Gasteiger partial charge >= 0.3 is 0 Å². The molecule has 0 atom stereocenters. The van der Waals surface area contributed by atoms with Crippen LogP contribution in [0.4, 0.5) is 0 Å². The quantitative estimate of drug-likeness (QED) is 0.260. The average molecular weight is 354 g/mol. The van der Waals surface area contributed by atoms with Gasteiger partial charge in [-0.15, -0.1) is 0 Å². The van der Waals surface area contributed by atoms with Gasteiger partial charge in [-0.1, -0.05) is 58.3 Å². The zero-order valence-electron chi connectivity index (χ0n) is 11.2. The van der Waals surface area contributed by atoms with E-state index < -0.39 is 5.97 Å². The van der Waals surface area contributed by atoms with Gasteiger partial charge in [0, 0.05) is 0 Å². The number of hydrogen-bond donors (Lipinski definition) is 0. The SMILES string of the molecule is CCCCCCCCCCCC[I+]CC(=O)[O-]. The zero-order valence-corrected chi connectivity index (χ0v) is 13.3. The van der Waals surface area contributed by atoms with E-state index in [2.05, 4.69) is 6.92 Å². The van der Waals surface area contributed by atoms with Crippen molar-refractivity contribution in [1.82, 2.24) is 0 Å². The Morgan fingerprint density at radius 2 is 1.35 bits per heavy atom. The predicted octanol–water partition coefficient (Wildman–Crippen LogP) is -0.254. The molecule has 0 aromatic carbocycles. The minimum atomic E-state index is -0.857. The molecule has 0 N–H and O–H groups in total. The van der Waals surface area contributed by atoms with Gasteiger partial charge in [-0.05, 0) is 12.8 Å². The van der Waals surface area contributed by atoms with E-state index in [4.69, 9.17) is 0 Å². The molecule has 0 fully saturated rings. The Morgan fingerprint density at radius 3 is 1.82 bits per heavy atom. The van der Waals surface area contributed by atoms with Gasteiger partial charge in [-0.25, -0.2) is 0 Å². The van der Waals surface area contributed by atoms with Gasteiger partial charge in [0.1, 0.15) is 4.43 Å². The molecule has 102 valence electrons. The molecule has 0 amide bonds. The maximum Gasteiger partial charge on any atom is 0.275 e. The average Bonchev–Trinajstić information content (AvgIpc) is 2.30. The normalized spacial score (nSPS) is 10.6. The highest BCUT2D eigenvalue weighted by atomic mass is 127. The Hall–Kier alpha value is 0.200. The van der Waals surface area contributed by atoms with Crippen LogP contribution in [0.25, 0.3) is 0 Å². The summed E-state index contributed by atoms with van der Waals surface area (Å²) in [6.07, 6.45) is 13.5. The van der Waals surface area contributed by atoms with Gasteiger partial charge in [0.25, 0.3) is 21.2 Å². The first-order valence-electron chi connectivity index (χ1n) is 7.00. The Morgan fingerprint density at radius 1 is 0.882 bits per heavy atom. The summed E-state index contributed by atoms with van der Waals surface area (Å²) in [5, 5.41) is 10.2. The lowest BCUT2D eigenvalue weighted by molar-refractivity contribution is -0.650. The third kappa shape index (κ3) is 16.2. The fourth-order valence-electron chi connectivity index (χ4n) is 1.82. The van der Waals surface area contributed by atoms with E-state index >= 15 is 0 Å². The topological polar surface area (TPSA) is 40.1 Å². The van der Waals surface area contributed by atoms with Gasteiger partial charge in [0.05, 0.1) is 5.97 Å². The summed E-state index contributed by atoms with van der Waals surface area (Å²) < 4.78 is 1.50. The summed E-state index contributed by atoms with van der Waals surface area (Å²) >= 11 is -0.114. The molecule has 0 saturated carbocycles. The standard InChI is InChI=1S/C14H27IO2/c1-2-3-4-5-6-7-8-9-10-11-12-15-13-14(16)17/h2-13H2,1H3. The summed E-state index contributed by atoms with van der Waals surface area (Å²) in [5.41, 5.74) is 0. The number of carbonyl (C=O) groups is 1. The number of carbonyl (C=O) groups excluding carboxylic acids is 1. The van der Waals surface area contributed by atoms with Crippen molar-refractivity contribution in [3.8, 4) is 0 Å². The maximum absolute atomic E-state index is 10.2. The molecule has 0 aliphatic heterocycles. The smallest absolute Gasteiger partial charge is 0.275 e. The lowest BCUT2D eigenvalue weighted by atomic mass is 10.1. The number of alkyl halides is 2. The molecule has 0 aromatic rings. The van der Waals surface area contributed by atoms with Crippen LogP contribution in [0.1, 0.15) is 71.1 Å². The van der Waals surface area contributed by atoms with E-state index in [1.165, 1.54) is 64.2 Å². The van der Waals surface area contributed by atoms with Gasteiger partial charge in [0.15, 0.2) is 4.43 Å². The van der Waals surface area contributed by atoms with E-state index in [1.807, 2.05) is 0 Å². The number of unbranched alkanes of at least 4 members (excludes halogenated alkanes) is 9. The van der Waals surface area contributed by atoms with E-state index in [1.54, 1.807) is 0 Å². The molecule has 0 unspecified atom stereocenters. The molecule has 17 heavy (non-hydrogen) atoms. The lowest BCUT2D eigenvalue weighted by Gasteiger charge is -2.00. The van der Waals surface area contributed by atoms with Gasteiger partial charge in [-0.3, -0.25) is 0 Å². The second kappa shape index (κ2) is 14.3. The van der Waals surface area contributed by atoms with Crippen LogP contribution in [0.3, 0.4) is 0 Å². The van der Waals surface area contributed by atoms with Crippen LogP contribution in [0, 0.1) is 0 Å². The molecule has 0 saturated heterocycles. The first-order valence-corrected chi connectivity index (χ1v) is 10.1. The monoisotopic (exact) mass is 354 g/mol. The third-order valence-electron chi connectivity index (χ3n) is 2.82. The van der Waals surface area contributed by atoms with E-state index in [0.717, 1.165) is 4.43 Å². The van der Waals surface area contributed by atoms with Crippen molar-refractivity contribution in [3.05, 3.63) is 0 Å². The van der Waals surface area contributed by atoms with Crippen LogP contribution in [-0.4, -0.2) is 14.8 Å². The van der Waals surface area contributed by atoms with E-state index in [-0.39, 0.29) is 21.2 Å². The molecule has 0 spiro atoms. The Balaban J connectivity index is 2.91. The van der Waals surface area contributed by atoms with Gasteiger partial charge in [0.2, 0.25) is 0 Å². The molecule has 0 aliphatic rings. The summed E-state index contributed by atoms with van der Waals surface area (Å²) in [6.45, 7) is 2.25. The fraction of sp³-hybridized carbons (Fsp3) is 0.929. The lowest BCUT2D eigenvalue weighted by Crippen LogP contribution is -3.64. The van der Waals surface area contributed by atoms with Gasteiger partial charge < -0.3 is 9.90 Å². The van der Waals surface area contributed by atoms with Crippen molar-refractivity contribution in [1.29, 1.82) is 0 Å². The van der Waals surface area contributed by atoms with Crippen molar-refractivity contribution in [3.63, 3.8) is 0 Å². The molecular weight excluding hydrogens is 327 g/mol. The first kappa shape index (κ1) is 17.2. The van der Waals surface area contributed by atoms with Gasteiger partial charge in [-0.2, -0.15) is 0 Å². The Bertz CT molecular complexity index is 172. The molecule has 0 heterocycles. The van der Waals surface area contributed by atoms with Crippen LogP contribution >= 0.6 is 0 Å². The van der Waals surface area contributed by atoms with Crippen LogP contribution in [0.5, 0.6) is 0 Å².